The zero-order valence-electron chi connectivity index (χ0n) is 12.3. The standard InChI is InChI=1S/C16H24N2O2/c1-11-5-7-16(10-19,8-6-11)18-15(20)13-9-12(2)3-4-14(13)17/h3-4,9,11,19H,5-8,10,17H2,1-2H3,(H,18,20). The molecule has 1 aromatic rings. The molecule has 0 atom stereocenters. The van der Waals surface area contributed by atoms with E-state index in [4.69, 9.17) is 5.73 Å². The zero-order valence-corrected chi connectivity index (χ0v) is 12.3. The third kappa shape index (κ3) is 3.12. The fourth-order valence-corrected chi connectivity index (χ4v) is 2.81. The summed E-state index contributed by atoms with van der Waals surface area (Å²) in [6, 6.07) is 5.43. The second kappa shape index (κ2) is 5.83. The van der Waals surface area contributed by atoms with Crippen LogP contribution in [0.1, 0.15) is 48.5 Å². The van der Waals surface area contributed by atoms with Gasteiger partial charge in [-0.25, -0.2) is 0 Å². The maximum absolute atomic E-state index is 12.4. The van der Waals surface area contributed by atoms with Gasteiger partial charge in [0, 0.05) is 5.69 Å². The Labute approximate surface area is 120 Å². The number of aliphatic hydroxyl groups is 1. The highest BCUT2D eigenvalue weighted by atomic mass is 16.3. The molecule has 1 fully saturated rings. The van der Waals surface area contributed by atoms with Gasteiger partial charge in [0.2, 0.25) is 0 Å². The molecule has 4 nitrogen and oxygen atoms in total. The number of benzene rings is 1. The van der Waals surface area contributed by atoms with Gasteiger partial charge < -0.3 is 16.2 Å². The van der Waals surface area contributed by atoms with Crippen molar-refractivity contribution in [2.75, 3.05) is 12.3 Å². The lowest BCUT2D eigenvalue weighted by Crippen LogP contribution is -2.53. The molecular weight excluding hydrogens is 252 g/mol. The summed E-state index contributed by atoms with van der Waals surface area (Å²) >= 11 is 0. The SMILES string of the molecule is Cc1ccc(N)c(C(=O)NC2(CO)CCC(C)CC2)c1. The van der Waals surface area contributed by atoms with E-state index in [-0.39, 0.29) is 12.5 Å². The fraction of sp³-hybridized carbons (Fsp3) is 0.562. The number of rotatable bonds is 3. The van der Waals surface area contributed by atoms with E-state index in [0.717, 1.165) is 31.2 Å². The quantitative estimate of drug-likeness (QED) is 0.741. The molecule has 1 aliphatic rings. The second-order valence-electron chi connectivity index (χ2n) is 6.17. The van der Waals surface area contributed by atoms with E-state index in [1.807, 2.05) is 13.0 Å². The number of nitrogen functional groups attached to an aromatic ring is 1. The Morgan fingerprint density at radius 3 is 2.70 bits per heavy atom. The van der Waals surface area contributed by atoms with Crippen LogP contribution in [-0.4, -0.2) is 23.2 Å². The van der Waals surface area contributed by atoms with Crippen LogP contribution in [0.5, 0.6) is 0 Å². The Morgan fingerprint density at radius 2 is 2.10 bits per heavy atom. The monoisotopic (exact) mass is 276 g/mol. The average molecular weight is 276 g/mol. The van der Waals surface area contributed by atoms with Crippen LogP contribution in [-0.2, 0) is 0 Å². The molecule has 0 aromatic heterocycles. The number of anilines is 1. The largest absolute Gasteiger partial charge is 0.398 e. The number of aryl methyl sites for hydroxylation is 1. The smallest absolute Gasteiger partial charge is 0.253 e. The fourth-order valence-electron chi connectivity index (χ4n) is 2.81. The van der Waals surface area contributed by atoms with Gasteiger partial charge in [0.1, 0.15) is 0 Å². The van der Waals surface area contributed by atoms with E-state index in [0.29, 0.717) is 17.2 Å². The minimum absolute atomic E-state index is 0.0167. The van der Waals surface area contributed by atoms with Crippen LogP contribution in [0.25, 0.3) is 0 Å². The van der Waals surface area contributed by atoms with Crippen molar-refractivity contribution in [3.8, 4) is 0 Å². The molecule has 0 radical (unpaired) electrons. The van der Waals surface area contributed by atoms with E-state index >= 15 is 0 Å². The van der Waals surface area contributed by atoms with Crippen molar-refractivity contribution in [3.05, 3.63) is 29.3 Å². The van der Waals surface area contributed by atoms with Crippen LogP contribution in [0.3, 0.4) is 0 Å². The van der Waals surface area contributed by atoms with E-state index in [1.54, 1.807) is 12.1 Å². The Morgan fingerprint density at radius 1 is 1.45 bits per heavy atom. The van der Waals surface area contributed by atoms with E-state index in [2.05, 4.69) is 12.2 Å². The summed E-state index contributed by atoms with van der Waals surface area (Å²) in [6.07, 6.45) is 3.71. The molecule has 0 aliphatic heterocycles. The first kappa shape index (κ1) is 14.9. The first-order chi connectivity index (χ1) is 9.46. The lowest BCUT2D eigenvalue weighted by Gasteiger charge is -2.38. The number of carbonyl (C=O) groups is 1. The third-order valence-electron chi connectivity index (χ3n) is 4.37. The topological polar surface area (TPSA) is 75.4 Å². The summed E-state index contributed by atoms with van der Waals surface area (Å²) in [7, 11) is 0. The summed E-state index contributed by atoms with van der Waals surface area (Å²) < 4.78 is 0. The maximum atomic E-state index is 12.4. The first-order valence-electron chi connectivity index (χ1n) is 7.25. The highest BCUT2D eigenvalue weighted by Crippen LogP contribution is 2.32. The number of nitrogens with two attached hydrogens (primary N) is 1. The predicted molar refractivity (Wildman–Crippen MR) is 80.5 cm³/mol. The van der Waals surface area contributed by atoms with Crippen molar-refractivity contribution in [2.24, 2.45) is 5.92 Å². The van der Waals surface area contributed by atoms with Gasteiger partial charge in [-0.05, 0) is 50.7 Å². The molecule has 1 saturated carbocycles. The molecule has 110 valence electrons. The Kier molecular flexibility index (Phi) is 4.33. The number of nitrogens with one attached hydrogen (secondary N) is 1. The zero-order chi connectivity index (χ0) is 14.8. The van der Waals surface area contributed by atoms with Gasteiger partial charge in [-0.1, -0.05) is 18.6 Å². The number of hydrogen-bond donors (Lipinski definition) is 3. The number of aliphatic hydroxyl groups excluding tert-OH is 1. The Bertz CT molecular complexity index is 491. The predicted octanol–water partition coefficient (Wildman–Crippen LogP) is 2.25. The van der Waals surface area contributed by atoms with Gasteiger partial charge in [-0.3, -0.25) is 4.79 Å². The Balaban J connectivity index is 2.15. The van der Waals surface area contributed by atoms with Crippen LogP contribution in [0.2, 0.25) is 0 Å². The molecule has 1 aromatic carbocycles. The normalized spacial score (nSPS) is 26.2. The second-order valence-corrected chi connectivity index (χ2v) is 6.17. The maximum Gasteiger partial charge on any atom is 0.253 e. The van der Waals surface area contributed by atoms with Crippen LogP contribution in [0.4, 0.5) is 5.69 Å². The minimum atomic E-state index is -0.486. The lowest BCUT2D eigenvalue weighted by atomic mass is 9.77. The van der Waals surface area contributed by atoms with Crippen molar-refractivity contribution < 1.29 is 9.90 Å². The van der Waals surface area contributed by atoms with Crippen LogP contribution < -0.4 is 11.1 Å². The summed E-state index contributed by atoms with van der Waals surface area (Å²) in [5, 5.41) is 12.7. The molecule has 0 bridgehead atoms. The lowest BCUT2D eigenvalue weighted by molar-refractivity contribution is 0.0718. The van der Waals surface area contributed by atoms with Gasteiger partial charge in [-0.2, -0.15) is 0 Å². The van der Waals surface area contributed by atoms with Crippen molar-refractivity contribution in [2.45, 2.75) is 45.1 Å². The van der Waals surface area contributed by atoms with Crippen molar-refractivity contribution in [3.63, 3.8) is 0 Å². The van der Waals surface area contributed by atoms with Gasteiger partial charge in [-0.15, -0.1) is 0 Å². The van der Waals surface area contributed by atoms with Gasteiger partial charge in [0.05, 0.1) is 17.7 Å². The van der Waals surface area contributed by atoms with Gasteiger partial charge >= 0.3 is 0 Å². The van der Waals surface area contributed by atoms with Crippen LogP contribution in [0.15, 0.2) is 18.2 Å². The number of amides is 1. The van der Waals surface area contributed by atoms with Crippen molar-refractivity contribution in [1.82, 2.24) is 5.32 Å². The van der Waals surface area contributed by atoms with Gasteiger partial charge in [0.25, 0.3) is 5.91 Å². The number of hydrogen-bond acceptors (Lipinski definition) is 3. The molecule has 0 heterocycles. The molecule has 4 N–H and O–H groups in total. The summed E-state index contributed by atoms with van der Waals surface area (Å²) in [4.78, 5) is 12.4. The first-order valence-corrected chi connectivity index (χ1v) is 7.25. The molecular formula is C16H24N2O2. The molecule has 1 aliphatic carbocycles. The van der Waals surface area contributed by atoms with Crippen LogP contribution >= 0.6 is 0 Å². The number of carbonyl (C=O) groups excluding carboxylic acids is 1. The summed E-state index contributed by atoms with van der Waals surface area (Å²) in [5.41, 5.74) is 7.37. The van der Waals surface area contributed by atoms with Crippen LogP contribution in [0, 0.1) is 12.8 Å². The van der Waals surface area contributed by atoms with Crippen molar-refractivity contribution >= 4 is 11.6 Å². The molecule has 1 amide bonds. The van der Waals surface area contributed by atoms with E-state index in [9.17, 15) is 9.90 Å². The Hall–Kier alpha value is -1.55. The van der Waals surface area contributed by atoms with Crippen molar-refractivity contribution in [1.29, 1.82) is 0 Å². The summed E-state index contributed by atoms with van der Waals surface area (Å²) in [5.74, 6) is 0.477. The van der Waals surface area contributed by atoms with Gasteiger partial charge in [0.15, 0.2) is 0 Å². The molecule has 4 heteroatoms. The molecule has 20 heavy (non-hydrogen) atoms. The van der Waals surface area contributed by atoms with E-state index in [1.165, 1.54) is 0 Å². The third-order valence-corrected chi connectivity index (χ3v) is 4.37. The molecule has 0 unspecified atom stereocenters. The summed E-state index contributed by atoms with van der Waals surface area (Å²) in [6.45, 7) is 4.12. The molecule has 2 rings (SSSR count). The van der Waals surface area contributed by atoms with E-state index < -0.39 is 5.54 Å². The highest BCUT2D eigenvalue weighted by molar-refractivity contribution is 5.99. The minimum Gasteiger partial charge on any atom is -0.398 e. The highest BCUT2D eigenvalue weighted by Gasteiger charge is 2.35. The molecule has 0 saturated heterocycles. The molecule has 0 spiro atoms. The average Bonchev–Trinajstić information content (AvgIpc) is 2.44.